The van der Waals surface area contributed by atoms with Crippen LogP contribution in [0.1, 0.15) is 90.9 Å². The Balaban J connectivity index is 0. The molecule has 0 aliphatic heterocycles. The van der Waals surface area contributed by atoms with Crippen LogP contribution in [0.3, 0.4) is 0 Å². The lowest BCUT2D eigenvalue weighted by molar-refractivity contribution is -0.910. The minimum Gasteiger partial charge on any atom is -1.00 e. The number of aliphatic hydroxyl groups is 1. The van der Waals surface area contributed by atoms with Gasteiger partial charge in [-0.2, -0.15) is 0 Å². The van der Waals surface area contributed by atoms with E-state index in [1.54, 1.807) is 0 Å². The Morgan fingerprint density at radius 3 is 1.32 bits per heavy atom. The van der Waals surface area contributed by atoms with Crippen molar-refractivity contribution in [3.05, 3.63) is 0 Å². The van der Waals surface area contributed by atoms with E-state index in [2.05, 4.69) is 20.9 Å². The molecule has 1 N–H and O–H groups in total. The van der Waals surface area contributed by atoms with Gasteiger partial charge < -0.3 is 26.6 Å². The summed E-state index contributed by atoms with van der Waals surface area (Å²) in [4.78, 5) is 0. The topological polar surface area (TPSA) is 20.2 Å². The summed E-state index contributed by atoms with van der Waals surface area (Å²) in [5.41, 5.74) is 0. The van der Waals surface area contributed by atoms with Gasteiger partial charge in [-0.05, 0) is 25.7 Å². The van der Waals surface area contributed by atoms with Gasteiger partial charge in [-0.15, -0.1) is 0 Å². The molecule has 136 valence electrons. The van der Waals surface area contributed by atoms with Crippen molar-refractivity contribution in [1.82, 2.24) is 0 Å². The fourth-order valence-electron chi connectivity index (χ4n) is 3.12. The van der Waals surface area contributed by atoms with Gasteiger partial charge in [-0.25, -0.2) is 0 Å². The van der Waals surface area contributed by atoms with Gasteiger partial charge in [-0.1, -0.05) is 65.2 Å². The molecular formula is C19H42BrNO. The third kappa shape index (κ3) is 15.3. The van der Waals surface area contributed by atoms with Crippen LogP contribution in [0.15, 0.2) is 0 Å². The maximum absolute atomic E-state index is 9.33. The monoisotopic (exact) mass is 379 g/mol. The van der Waals surface area contributed by atoms with Crippen LogP contribution in [0.4, 0.5) is 0 Å². The quantitative estimate of drug-likeness (QED) is 0.321. The highest BCUT2D eigenvalue weighted by atomic mass is 79.9. The third-order valence-corrected chi connectivity index (χ3v) is 4.74. The van der Waals surface area contributed by atoms with Crippen molar-refractivity contribution >= 4 is 0 Å². The summed E-state index contributed by atoms with van der Waals surface area (Å²) in [5.74, 6) is 0. The molecule has 0 saturated heterocycles. The Kier molecular flexibility index (Phi) is 19.9. The lowest BCUT2D eigenvalue weighted by Crippen LogP contribution is -3.00. The van der Waals surface area contributed by atoms with Gasteiger partial charge in [0.15, 0.2) is 0 Å². The molecular weight excluding hydrogens is 338 g/mol. The fraction of sp³-hybridized carbons (Fsp3) is 1.00. The number of quaternary nitrogens is 1. The van der Waals surface area contributed by atoms with E-state index in [1.165, 1.54) is 90.1 Å². The van der Waals surface area contributed by atoms with Gasteiger partial charge in [0.05, 0.1) is 26.7 Å². The Hall–Kier alpha value is 0.400. The molecule has 0 aromatic carbocycles. The average molecular weight is 380 g/mol. The largest absolute Gasteiger partial charge is 1.00 e. The Morgan fingerprint density at radius 2 is 0.955 bits per heavy atom. The molecule has 0 rings (SSSR count). The van der Waals surface area contributed by atoms with E-state index in [1.807, 2.05) is 0 Å². The molecule has 0 spiro atoms. The first-order valence-corrected chi connectivity index (χ1v) is 9.63. The number of hydrogen-bond acceptors (Lipinski definition) is 1. The molecule has 2 nitrogen and oxygen atoms in total. The lowest BCUT2D eigenvalue weighted by Gasteiger charge is -2.34. The molecule has 3 heteroatoms. The summed E-state index contributed by atoms with van der Waals surface area (Å²) in [6, 6.07) is 0. The smallest absolute Gasteiger partial charge is 0.102 e. The van der Waals surface area contributed by atoms with Gasteiger partial charge in [0.1, 0.15) is 6.54 Å². The summed E-state index contributed by atoms with van der Waals surface area (Å²) >= 11 is 0. The molecule has 0 aliphatic carbocycles. The van der Waals surface area contributed by atoms with Crippen LogP contribution in [-0.2, 0) is 0 Å². The molecule has 0 unspecified atom stereocenters. The van der Waals surface area contributed by atoms with E-state index in [4.69, 9.17) is 0 Å². The van der Waals surface area contributed by atoms with E-state index in [0.29, 0.717) is 6.61 Å². The third-order valence-electron chi connectivity index (χ3n) is 4.74. The number of halogens is 1. The predicted molar refractivity (Wildman–Crippen MR) is 94.6 cm³/mol. The standard InChI is InChI=1S/C19H42NO.BrH/c1-4-6-8-10-12-14-16-20(3,18-19-21)17-15-13-11-9-7-5-2;/h21H,4-19H2,1-3H3;1H/q+1;/p-1. The maximum Gasteiger partial charge on any atom is 0.102 e. The fourth-order valence-corrected chi connectivity index (χ4v) is 3.12. The lowest BCUT2D eigenvalue weighted by atomic mass is 10.1. The van der Waals surface area contributed by atoms with Gasteiger partial charge in [0.2, 0.25) is 0 Å². The second kappa shape index (κ2) is 17.7. The number of aliphatic hydroxyl groups excluding tert-OH is 1. The van der Waals surface area contributed by atoms with Crippen molar-refractivity contribution in [2.24, 2.45) is 0 Å². The molecule has 0 heterocycles. The summed E-state index contributed by atoms with van der Waals surface area (Å²) in [5, 5.41) is 9.33. The van der Waals surface area contributed by atoms with Gasteiger partial charge >= 0.3 is 0 Å². The Labute approximate surface area is 151 Å². The summed E-state index contributed by atoms with van der Waals surface area (Å²) in [6.07, 6.45) is 16.4. The zero-order chi connectivity index (χ0) is 15.8. The van der Waals surface area contributed by atoms with Crippen molar-refractivity contribution in [1.29, 1.82) is 0 Å². The normalized spacial score (nSPS) is 11.5. The van der Waals surface area contributed by atoms with Crippen molar-refractivity contribution < 1.29 is 26.6 Å². The van der Waals surface area contributed by atoms with E-state index in [0.717, 1.165) is 11.0 Å². The molecule has 0 radical (unpaired) electrons. The second-order valence-electron chi connectivity index (χ2n) is 7.05. The van der Waals surface area contributed by atoms with Crippen molar-refractivity contribution in [2.45, 2.75) is 90.9 Å². The first-order valence-electron chi connectivity index (χ1n) is 9.63. The zero-order valence-corrected chi connectivity index (χ0v) is 17.2. The number of nitrogens with zero attached hydrogens (tertiary/aromatic N) is 1. The molecule has 0 saturated carbocycles. The maximum atomic E-state index is 9.33. The van der Waals surface area contributed by atoms with Crippen molar-refractivity contribution in [3.8, 4) is 0 Å². The van der Waals surface area contributed by atoms with Crippen LogP contribution in [0.5, 0.6) is 0 Å². The predicted octanol–water partition coefficient (Wildman–Crippen LogP) is 2.15. The highest BCUT2D eigenvalue weighted by Crippen LogP contribution is 2.13. The van der Waals surface area contributed by atoms with Crippen LogP contribution in [0.2, 0.25) is 0 Å². The summed E-state index contributed by atoms with van der Waals surface area (Å²) in [6.45, 7) is 8.32. The minimum absolute atomic E-state index is 0. The molecule has 0 atom stereocenters. The van der Waals surface area contributed by atoms with Crippen molar-refractivity contribution in [2.75, 3.05) is 33.3 Å². The first kappa shape index (κ1) is 24.6. The molecule has 22 heavy (non-hydrogen) atoms. The van der Waals surface area contributed by atoms with Gasteiger partial charge in [0.25, 0.3) is 0 Å². The van der Waals surface area contributed by atoms with Crippen LogP contribution >= 0.6 is 0 Å². The van der Waals surface area contributed by atoms with Crippen LogP contribution in [0, 0.1) is 0 Å². The molecule has 0 bridgehead atoms. The summed E-state index contributed by atoms with van der Waals surface area (Å²) in [7, 11) is 2.34. The number of rotatable bonds is 16. The molecule has 0 aromatic rings. The minimum atomic E-state index is 0. The van der Waals surface area contributed by atoms with Gasteiger partial charge in [-0.3, -0.25) is 0 Å². The molecule has 0 aliphatic rings. The first-order chi connectivity index (χ1) is 10.2. The molecule has 0 aromatic heterocycles. The average Bonchev–Trinajstić information content (AvgIpc) is 2.47. The van der Waals surface area contributed by atoms with E-state index < -0.39 is 0 Å². The molecule has 0 fully saturated rings. The summed E-state index contributed by atoms with van der Waals surface area (Å²) < 4.78 is 1.08. The molecule has 0 amide bonds. The highest BCUT2D eigenvalue weighted by Gasteiger charge is 2.19. The Morgan fingerprint density at radius 1 is 0.591 bits per heavy atom. The number of hydrogen-bond donors (Lipinski definition) is 1. The Bertz CT molecular complexity index is 196. The van der Waals surface area contributed by atoms with E-state index in [-0.39, 0.29) is 17.0 Å². The van der Waals surface area contributed by atoms with E-state index in [9.17, 15) is 5.11 Å². The van der Waals surface area contributed by atoms with Crippen molar-refractivity contribution in [3.63, 3.8) is 0 Å². The van der Waals surface area contributed by atoms with E-state index >= 15 is 0 Å². The number of likely N-dealkylation sites (N-methyl/N-ethyl adjacent to an activating group) is 1. The zero-order valence-electron chi connectivity index (χ0n) is 15.6. The second-order valence-corrected chi connectivity index (χ2v) is 7.05. The highest BCUT2D eigenvalue weighted by molar-refractivity contribution is 4.48. The van der Waals surface area contributed by atoms with Crippen LogP contribution < -0.4 is 17.0 Å². The number of unbranched alkanes of at least 4 members (excludes halogenated alkanes) is 10. The van der Waals surface area contributed by atoms with Crippen LogP contribution in [0.25, 0.3) is 0 Å². The van der Waals surface area contributed by atoms with Crippen LogP contribution in [-0.4, -0.2) is 42.9 Å². The van der Waals surface area contributed by atoms with Gasteiger partial charge in [0, 0.05) is 0 Å². The SMILES string of the molecule is CCCCCCCC[N+](C)(CCO)CCCCCCCC.[Br-].